The van der Waals surface area contributed by atoms with Gasteiger partial charge in [-0.3, -0.25) is 4.55 Å². The third kappa shape index (κ3) is 37.0. The fourth-order valence-electron chi connectivity index (χ4n) is 5.56. The summed E-state index contributed by atoms with van der Waals surface area (Å²) in [6.45, 7) is 16.0. The molecule has 3 atom stereocenters. The van der Waals surface area contributed by atoms with Crippen LogP contribution in [0.3, 0.4) is 0 Å². The van der Waals surface area contributed by atoms with Gasteiger partial charge in [-0.15, -0.1) is 0 Å². The van der Waals surface area contributed by atoms with E-state index in [1.807, 2.05) is 46.4 Å². The van der Waals surface area contributed by atoms with Crippen LogP contribution in [0.2, 0.25) is 0 Å². The molecule has 0 aliphatic carbocycles. The molecule has 0 radical (unpaired) electrons. The zero-order chi connectivity index (χ0) is 39.5. The van der Waals surface area contributed by atoms with Gasteiger partial charge in [-0.25, -0.2) is 23.1 Å². The zero-order valence-electron chi connectivity index (χ0n) is 33.0. The molecule has 3 heterocycles. The van der Waals surface area contributed by atoms with Gasteiger partial charge in [-0.05, 0) is 130 Å². The number of sulfonamides is 1. The van der Waals surface area contributed by atoms with Gasteiger partial charge in [0.05, 0.1) is 11.5 Å². The number of likely N-dealkylation sites (tertiary alicyclic amines) is 2. The van der Waals surface area contributed by atoms with E-state index in [-0.39, 0.29) is 102 Å². The molecule has 3 fully saturated rings. The fraction of sp³-hybridized carbons (Fsp3) is 0.938. The Kier molecular flexibility index (Phi) is 34.9. The first-order valence-electron chi connectivity index (χ1n) is 17.2. The Morgan fingerprint density at radius 1 is 0.815 bits per heavy atom. The molecule has 22 heteroatoms. The van der Waals surface area contributed by atoms with Crippen LogP contribution >= 0.6 is 15.9 Å². The summed E-state index contributed by atoms with van der Waals surface area (Å²) in [6.07, 6.45) is 7.99. The summed E-state index contributed by atoms with van der Waals surface area (Å²) in [5.41, 5.74) is -0.919. The summed E-state index contributed by atoms with van der Waals surface area (Å²) < 4.78 is 87.5. The molecule has 0 aromatic carbocycles. The zero-order valence-corrected chi connectivity index (χ0v) is 41.0. The van der Waals surface area contributed by atoms with Crippen molar-refractivity contribution in [3.05, 3.63) is 0 Å². The van der Waals surface area contributed by atoms with Gasteiger partial charge in [0.1, 0.15) is 11.2 Å². The van der Waals surface area contributed by atoms with Crippen molar-refractivity contribution in [2.24, 2.45) is 22.9 Å². The standard InChI is InChI=1S/C12H22BrNO2.C12H23NO5S.C7H16N2O2S.CH4.2Na.O3S/c1-12(2,3)16-11(15)14-8-4-5-10(9-14)6-7-13;1-12(2,3)18-11(14)13-7-4-5-10(9-13)6-8-19(15,16)17;8-12(10,11)5-3-7-2-1-4-9-6-7;;;;1-4(2)3/h10H,4-9H2,1-3H3;10H,4-9H2,1-3H3,(H,15,16,17);7,9H,1-6H2,(H2,8,10,11);1H4;;;/q;;;;2*+1;-2. The van der Waals surface area contributed by atoms with Crippen molar-refractivity contribution in [3.63, 3.8) is 0 Å². The van der Waals surface area contributed by atoms with Gasteiger partial charge in [-0.2, -0.15) is 19.4 Å². The summed E-state index contributed by atoms with van der Waals surface area (Å²) in [7, 11) is -10.3. The Labute approximate surface area is 380 Å². The fourth-order valence-corrected chi connectivity index (χ4v) is 7.50. The van der Waals surface area contributed by atoms with Crippen LogP contribution in [0.5, 0.6) is 0 Å². The second-order valence-corrected chi connectivity index (χ2v) is 19.5. The van der Waals surface area contributed by atoms with E-state index in [1.165, 1.54) is 6.42 Å². The van der Waals surface area contributed by atoms with Crippen LogP contribution in [0, 0.1) is 17.8 Å². The molecule has 312 valence electrons. The molecule has 0 aromatic rings. The van der Waals surface area contributed by atoms with Crippen molar-refractivity contribution in [1.29, 1.82) is 0 Å². The third-order valence-electron chi connectivity index (χ3n) is 7.85. The van der Waals surface area contributed by atoms with E-state index in [1.54, 1.807) is 4.90 Å². The molecule has 3 unspecified atom stereocenters. The molecule has 3 aliphatic rings. The van der Waals surface area contributed by atoms with E-state index in [0.717, 1.165) is 70.0 Å². The van der Waals surface area contributed by atoms with Gasteiger partial charge in [0.15, 0.2) is 0 Å². The number of hydrogen-bond acceptors (Lipinski definition) is 13. The van der Waals surface area contributed by atoms with E-state index in [4.69, 9.17) is 32.1 Å². The Hall–Kier alpha value is 0.710. The molecule has 0 spiro atoms. The van der Waals surface area contributed by atoms with Crippen molar-refractivity contribution in [2.45, 2.75) is 118 Å². The third-order valence-corrected chi connectivity index (χ3v) is 9.87. The Morgan fingerprint density at radius 3 is 1.54 bits per heavy atom. The average molecular weight is 920 g/mol. The smallest absolute Gasteiger partial charge is 0.917 e. The van der Waals surface area contributed by atoms with Crippen molar-refractivity contribution in [3.8, 4) is 0 Å². The molecule has 16 nitrogen and oxygen atoms in total. The van der Waals surface area contributed by atoms with Crippen LogP contribution < -0.4 is 69.6 Å². The summed E-state index contributed by atoms with van der Waals surface area (Å²) in [4.78, 5) is 27.2. The van der Waals surface area contributed by atoms with E-state index >= 15 is 0 Å². The first-order chi connectivity index (χ1) is 23.3. The number of hydrogen-bond donors (Lipinski definition) is 3. The van der Waals surface area contributed by atoms with Gasteiger partial charge in [-0.1, -0.05) is 23.4 Å². The SMILES string of the molecule is C.CC(C)(C)OC(=O)N1CCCC(CCBr)C1.CC(C)(C)OC(=O)N1CCCC(CCS(=O)(=O)O)C1.NS(=O)(=O)CCC1CCCNC1.O=[S-](=O)[O-].[Na+].[Na+]. The predicted molar refractivity (Wildman–Crippen MR) is 205 cm³/mol. The molecule has 3 saturated heterocycles. The number of rotatable bonds is 8. The summed E-state index contributed by atoms with van der Waals surface area (Å²) >= 11 is 3.46. The topological polar surface area (TPSA) is 243 Å². The Balaban J connectivity index is -0.000000327. The molecule has 0 saturated carbocycles. The average Bonchev–Trinajstić information content (AvgIpc) is 2.98. The number of alkyl halides is 1. The number of carbonyl (C=O) groups is 2. The minimum atomic E-state index is -3.92. The van der Waals surface area contributed by atoms with Crippen LogP contribution in [-0.2, 0) is 49.0 Å². The molecule has 0 bridgehead atoms. The first-order valence-corrected chi connectivity index (χ1v) is 22.7. The maximum atomic E-state index is 11.9. The minimum absolute atomic E-state index is 0. The first kappa shape index (κ1) is 61.4. The summed E-state index contributed by atoms with van der Waals surface area (Å²) in [5, 5.41) is 9.15. The van der Waals surface area contributed by atoms with Crippen LogP contribution in [0.4, 0.5) is 9.59 Å². The molecule has 4 N–H and O–H groups in total. The maximum Gasteiger partial charge on any atom is 1.00 e. The number of nitrogens with one attached hydrogen (secondary N) is 1. The normalized spacial score (nSPS) is 20.3. The molecule has 0 aromatic heterocycles. The minimum Gasteiger partial charge on any atom is -0.917 e. The number of carbonyl (C=O) groups excluding carboxylic acids is 2. The second-order valence-electron chi connectivity index (χ2n) is 15.0. The van der Waals surface area contributed by atoms with Crippen molar-refractivity contribution >= 4 is 59.2 Å². The number of ether oxygens (including phenoxy) is 2. The molecule has 54 heavy (non-hydrogen) atoms. The van der Waals surface area contributed by atoms with Gasteiger partial charge >= 0.3 is 71.3 Å². The number of nitrogens with zero attached hydrogens (tertiary/aromatic N) is 2. The van der Waals surface area contributed by atoms with Crippen molar-refractivity contribution < 1.29 is 113 Å². The number of amides is 2. The van der Waals surface area contributed by atoms with E-state index in [9.17, 15) is 26.4 Å². The molecule has 3 rings (SSSR count). The maximum absolute atomic E-state index is 11.9. The van der Waals surface area contributed by atoms with E-state index in [2.05, 4.69) is 21.2 Å². The Bertz CT molecular complexity index is 1320. The number of primary sulfonamides is 1. The molecule has 2 amide bonds. The summed E-state index contributed by atoms with van der Waals surface area (Å²) in [6, 6.07) is 0. The second kappa shape index (κ2) is 30.7. The largest absolute Gasteiger partial charge is 1.00 e. The quantitative estimate of drug-likeness (QED) is 0.0878. The van der Waals surface area contributed by atoms with Gasteiger partial charge in [0.25, 0.3) is 10.1 Å². The van der Waals surface area contributed by atoms with Crippen LogP contribution in [0.25, 0.3) is 0 Å². The van der Waals surface area contributed by atoms with Gasteiger partial charge in [0, 0.05) is 31.5 Å². The van der Waals surface area contributed by atoms with Crippen LogP contribution in [0.15, 0.2) is 0 Å². The number of halogens is 1. The van der Waals surface area contributed by atoms with Gasteiger partial charge in [0.2, 0.25) is 10.0 Å². The van der Waals surface area contributed by atoms with Crippen LogP contribution in [0.1, 0.15) is 107 Å². The van der Waals surface area contributed by atoms with Crippen LogP contribution in [-0.4, -0.2) is 115 Å². The van der Waals surface area contributed by atoms with E-state index < -0.39 is 36.7 Å². The Morgan fingerprint density at radius 2 is 1.20 bits per heavy atom. The number of piperidine rings is 3. The predicted octanol–water partition coefficient (Wildman–Crippen LogP) is -0.935. The molecular formula is C32H65BrN4Na2O12S3. The molecule has 3 aliphatic heterocycles. The van der Waals surface area contributed by atoms with Crippen molar-refractivity contribution in [2.75, 3.05) is 56.1 Å². The van der Waals surface area contributed by atoms with E-state index in [0.29, 0.717) is 37.8 Å². The monoisotopic (exact) mass is 918 g/mol. The van der Waals surface area contributed by atoms with Crippen molar-refractivity contribution in [1.82, 2.24) is 15.1 Å². The molecular weight excluding hydrogens is 854 g/mol. The summed E-state index contributed by atoms with van der Waals surface area (Å²) in [5.74, 6) is 1.10. The number of nitrogens with two attached hydrogens (primary N) is 1. The van der Waals surface area contributed by atoms with Gasteiger partial charge < -0.3 is 37.6 Å².